The van der Waals surface area contributed by atoms with Gasteiger partial charge in [-0.3, -0.25) is 14.4 Å². The molecule has 0 saturated carbocycles. The van der Waals surface area contributed by atoms with Gasteiger partial charge in [0.05, 0.1) is 26.5 Å². The van der Waals surface area contributed by atoms with Gasteiger partial charge in [-0.2, -0.15) is 0 Å². The number of fused-ring (bicyclic) bond motifs is 1. The van der Waals surface area contributed by atoms with Crippen molar-refractivity contribution in [3.63, 3.8) is 0 Å². The molecule has 152 valence electrons. The molecule has 4 N–H and O–H groups in total. The molecule has 1 aliphatic heterocycles. The van der Waals surface area contributed by atoms with Crippen LogP contribution >= 0.6 is 0 Å². The molecule has 0 fully saturated rings. The molecule has 10 nitrogen and oxygen atoms in total. The summed E-state index contributed by atoms with van der Waals surface area (Å²) in [6.07, 6.45) is 1.34. The van der Waals surface area contributed by atoms with Gasteiger partial charge in [-0.25, -0.2) is 21.6 Å². The zero-order valence-electron chi connectivity index (χ0n) is 15.0. The van der Waals surface area contributed by atoms with Gasteiger partial charge in [0.2, 0.25) is 0 Å². The van der Waals surface area contributed by atoms with E-state index in [1.807, 2.05) is 0 Å². The maximum atomic E-state index is 12.7. The topological polar surface area (TPSA) is 153 Å². The van der Waals surface area contributed by atoms with Gasteiger partial charge in [0.1, 0.15) is 5.84 Å². The van der Waals surface area contributed by atoms with E-state index in [-0.39, 0.29) is 15.5 Å². The Morgan fingerprint density at radius 3 is 2.34 bits per heavy atom. The lowest BCUT2D eigenvalue weighted by Gasteiger charge is -2.11. The van der Waals surface area contributed by atoms with Gasteiger partial charge in [-0.1, -0.05) is 6.07 Å². The van der Waals surface area contributed by atoms with E-state index in [1.54, 1.807) is 0 Å². The molecule has 2 aromatic carbocycles. The summed E-state index contributed by atoms with van der Waals surface area (Å²) in [6.45, 7) is 0.578. The molecule has 1 aromatic heterocycles. The number of sulfonamides is 2. The molecule has 1 aliphatic rings. The molecule has 0 aliphatic carbocycles. The third-order valence-electron chi connectivity index (χ3n) is 4.32. The number of amidine groups is 1. The third kappa shape index (κ3) is 4.03. The fraction of sp³-hybridized carbons (Fsp3) is 0.176. The Balaban J connectivity index is 1.61. The number of hydrogen-bond donors (Lipinski definition) is 4. The van der Waals surface area contributed by atoms with E-state index in [4.69, 9.17) is 0 Å². The van der Waals surface area contributed by atoms with Crippen LogP contribution in [-0.2, 0) is 20.0 Å². The molecule has 4 rings (SSSR count). The second-order valence-corrected chi connectivity index (χ2v) is 9.82. The number of rotatable bonds is 5. The Morgan fingerprint density at radius 1 is 0.862 bits per heavy atom. The van der Waals surface area contributed by atoms with E-state index in [2.05, 4.69) is 24.4 Å². The van der Waals surface area contributed by atoms with Crippen molar-refractivity contribution >= 4 is 42.6 Å². The number of hydrogen-bond acceptors (Lipinski definition) is 6. The van der Waals surface area contributed by atoms with Gasteiger partial charge in [-0.05, 0) is 42.8 Å². The Hall–Kier alpha value is -3.12. The molecule has 0 spiro atoms. The Labute approximate surface area is 166 Å². The number of anilines is 1. The van der Waals surface area contributed by atoms with Crippen LogP contribution in [0.1, 0.15) is 12.8 Å². The summed E-state index contributed by atoms with van der Waals surface area (Å²) in [4.78, 5) is 20.3. The molecule has 3 aromatic rings. The maximum absolute atomic E-state index is 12.7. The minimum absolute atomic E-state index is 0.0769. The average molecular weight is 435 g/mol. The zero-order valence-corrected chi connectivity index (χ0v) is 16.6. The molecular formula is C17H17N5O5S2. The van der Waals surface area contributed by atoms with Crippen molar-refractivity contribution in [2.24, 2.45) is 4.99 Å². The first-order chi connectivity index (χ1) is 13.7. The van der Waals surface area contributed by atoms with E-state index in [0.717, 1.165) is 6.42 Å². The normalized spacial score (nSPS) is 14.7. The minimum atomic E-state index is -4.01. The number of aliphatic imine (C=N–C) groups is 1. The van der Waals surface area contributed by atoms with Crippen LogP contribution in [0.3, 0.4) is 0 Å². The van der Waals surface area contributed by atoms with Gasteiger partial charge < -0.3 is 9.97 Å². The van der Waals surface area contributed by atoms with E-state index in [1.165, 1.54) is 42.5 Å². The number of imidazole rings is 1. The summed E-state index contributed by atoms with van der Waals surface area (Å²) in [6, 6.07) is 9.61. The van der Waals surface area contributed by atoms with Crippen LogP contribution in [0.4, 0.5) is 5.69 Å². The van der Waals surface area contributed by atoms with E-state index in [0.29, 0.717) is 29.8 Å². The van der Waals surface area contributed by atoms with Gasteiger partial charge in [0.15, 0.2) is 0 Å². The van der Waals surface area contributed by atoms with Crippen LogP contribution in [0.15, 0.2) is 62.0 Å². The van der Waals surface area contributed by atoms with E-state index < -0.39 is 25.7 Å². The zero-order chi connectivity index (χ0) is 20.6. The highest BCUT2D eigenvalue weighted by molar-refractivity contribution is 7.92. The fourth-order valence-corrected chi connectivity index (χ4v) is 5.17. The van der Waals surface area contributed by atoms with Crippen molar-refractivity contribution in [1.29, 1.82) is 0 Å². The number of aromatic amines is 2. The quantitative estimate of drug-likeness (QED) is 0.473. The summed E-state index contributed by atoms with van der Waals surface area (Å²) in [5, 5.41) is 0. The summed E-state index contributed by atoms with van der Waals surface area (Å²) in [7, 11) is -7.88. The molecular weight excluding hydrogens is 418 g/mol. The van der Waals surface area contributed by atoms with E-state index >= 15 is 0 Å². The van der Waals surface area contributed by atoms with Crippen molar-refractivity contribution < 1.29 is 16.8 Å². The molecule has 0 radical (unpaired) electrons. The van der Waals surface area contributed by atoms with Crippen LogP contribution in [0.25, 0.3) is 11.0 Å². The smallest absolute Gasteiger partial charge is 0.306 e. The molecule has 2 heterocycles. The number of nitrogens with one attached hydrogen (secondary N) is 4. The predicted octanol–water partition coefficient (Wildman–Crippen LogP) is 1.13. The Kier molecular flexibility index (Phi) is 4.67. The lowest BCUT2D eigenvalue weighted by Crippen LogP contribution is -2.29. The SMILES string of the molecule is O=c1[nH]c2ccc(S(=O)(=O)Nc3cccc(S(=O)(=O)NC4=NCCC4)c3)cc2[nH]1. The van der Waals surface area contributed by atoms with Gasteiger partial charge in [0.25, 0.3) is 20.0 Å². The highest BCUT2D eigenvalue weighted by Gasteiger charge is 2.20. The number of benzene rings is 2. The van der Waals surface area contributed by atoms with E-state index in [9.17, 15) is 21.6 Å². The summed E-state index contributed by atoms with van der Waals surface area (Å²) >= 11 is 0. The lowest BCUT2D eigenvalue weighted by molar-refractivity contribution is 0.591. The Bertz CT molecular complexity index is 1390. The van der Waals surface area contributed by atoms with Crippen LogP contribution in [0.5, 0.6) is 0 Å². The van der Waals surface area contributed by atoms with Crippen LogP contribution in [0.2, 0.25) is 0 Å². The first-order valence-electron chi connectivity index (χ1n) is 8.64. The molecule has 0 amide bonds. The highest BCUT2D eigenvalue weighted by Crippen LogP contribution is 2.21. The molecule has 12 heteroatoms. The molecule has 0 atom stereocenters. The summed E-state index contributed by atoms with van der Waals surface area (Å²) in [5.74, 6) is 0.393. The van der Waals surface area contributed by atoms with Gasteiger partial charge in [0, 0.05) is 13.0 Å². The highest BCUT2D eigenvalue weighted by atomic mass is 32.2. The van der Waals surface area contributed by atoms with Crippen LogP contribution in [-0.4, -0.2) is 39.2 Å². The van der Waals surface area contributed by atoms with Crippen molar-refractivity contribution in [3.05, 3.63) is 52.9 Å². The Morgan fingerprint density at radius 2 is 1.59 bits per heavy atom. The standard InChI is InChI=1S/C17H17N5O5S2/c23-17-19-14-7-6-13(10-15(14)20-17)28(24,25)21-11-3-1-4-12(9-11)29(26,27)22-16-5-2-8-18-16/h1,3-4,6-7,9-10,21H,2,5,8H2,(H,18,22)(H2,19,20,23). The fourth-order valence-electron chi connectivity index (χ4n) is 2.96. The molecule has 0 saturated heterocycles. The predicted molar refractivity (Wildman–Crippen MR) is 108 cm³/mol. The first kappa shape index (κ1) is 19.2. The van der Waals surface area contributed by atoms with Crippen molar-refractivity contribution in [3.8, 4) is 0 Å². The average Bonchev–Trinajstić information content (AvgIpc) is 3.28. The summed E-state index contributed by atoms with van der Waals surface area (Å²) < 4.78 is 55.2. The van der Waals surface area contributed by atoms with Crippen molar-refractivity contribution in [1.82, 2.24) is 14.7 Å². The largest absolute Gasteiger partial charge is 0.323 e. The number of nitrogens with zero attached hydrogens (tertiary/aromatic N) is 1. The maximum Gasteiger partial charge on any atom is 0.323 e. The molecule has 29 heavy (non-hydrogen) atoms. The lowest BCUT2D eigenvalue weighted by atomic mass is 10.3. The van der Waals surface area contributed by atoms with Crippen molar-refractivity contribution in [2.75, 3.05) is 11.3 Å². The first-order valence-corrected chi connectivity index (χ1v) is 11.6. The van der Waals surface area contributed by atoms with Gasteiger partial charge >= 0.3 is 5.69 Å². The number of H-pyrrole nitrogens is 2. The monoisotopic (exact) mass is 435 g/mol. The third-order valence-corrected chi connectivity index (χ3v) is 7.08. The number of aromatic nitrogens is 2. The molecule has 0 unspecified atom stereocenters. The second-order valence-electron chi connectivity index (χ2n) is 6.46. The second kappa shape index (κ2) is 7.04. The van der Waals surface area contributed by atoms with Crippen molar-refractivity contribution in [2.45, 2.75) is 22.6 Å². The summed E-state index contributed by atoms with van der Waals surface area (Å²) in [5.41, 5.74) is 0.461. The van der Waals surface area contributed by atoms with Gasteiger partial charge in [-0.15, -0.1) is 0 Å². The van der Waals surface area contributed by atoms with Crippen LogP contribution < -0.4 is 15.1 Å². The molecule has 0 bridgehead atoms. The van der Waals surface area contributed by atoms with Crippen LogP contribution in [0, 0.1) is 0 Å². The minimum Gasteiger partial charge on any atom is -0.306 e.